The lowest BCUT2D eigenvalue weighted by Gasteiger charge is -2.76. The van der Waals surface area contributed by atoms with Crippen LogP contribution < -0.4 is 4.90 Å². The minimum absolute atomic E-state index is 0.0725. The number of imide groups is 2. The molecule has 2 bridgehead atoms. The number of carbonyl (C=O) groups is 4. The number of hydrogen-bond donors (Lipinski definition) is 0. The lowest BCUT2D eigenvalue weighted by Crippen LogP contribution is -2.76. The predicted molar refractivity (Wildman–Crippen MR) is 257 cm³/mol. The molecule has 3 aromatic carbocycles. The van der Waals surface area contributed by atoms with Gasteiger partial charge in [0, 0.05) is 17.9 Å². The van der Waals surface area contributed by atoms with Gasteiger partial charge in [0.05, 0.1) is 78.2 Å². The van der Waals surface area contributed by atoms with Crippen molar-refractivity contribution in [2.75, 3.05) is 11.9 Å². The van der Waals surface area contributed by atoms with Crippen LogP contribution in [0.4, 0.5) is 5.69 Å². The van der Waals surface area contributed by atoms with Crippen molar-refractivity contribution in [1.82, 2.24) is 4.90 Å². The number of ether oxygens (including phenoxy) is 4. The molecular weight excluding hydrogens is 853 g/mol. The highest BCUT2D eigenvalue weighted by Gasteiger charge is 2.75. The van der Waals surface area contributed by atoms with Gasteiger partial charge in [-0.05, 0) is 171 Å². The Bertz CT molecular complexity index is 2550. The Morgan fingerprint density at radius 3 is 1.07 bits per heavy atom. The zero-order valence-corrected chi connectivity index (χ0v) is 41.7. The van der Waals surface area contributed by atoms with Crippen molar-refractivity contribution < 1.29 is 38.1 Å². The molecule has 0 aromatic heterocycles. The summed E-state index contributed by atoms with van der Waals surface area (Å²) in [7, 11) is 1.63. The number of fused-ring (bicyclic) bond motifs is 7. The molecule has 4 aliphatic heterocycles. The molecule has 10 heteroatoms. The fourth-order valence-corrected chi connectivity index (χ4v) is 18.5. The van der Waals surface area contributed by atoms with Crippen molar-refractivity contribution in [1.29, 1.82) is 0 Å². The molecule has 360 valence electrons. The zero-order chi connectivity index (χ0) is 47.4. The lowest BCUT2D eigenvalue weighted by molar-refractivity contribution is -0.298. The van der Waals surface area contributed by atoms with Crippen LogP contribution in [-0.4, -0.2) is 84.4 Å². The van der Waals surface area contributed by atoms with E-state index in [1.807, 2.05) is 0 Å². The minimum Gasteiger partial charge on any atom is -0.370 e. The largest absolute Gasteiger partial charge is 0.370 e. The lowest BCUT2D eigenvalue weighted by atomic mass is 9.29. The molecule has 4 saturated heterocycles. The maximum absolute atomic E-state index is 14.6. The monoisotopic (exact) mass is 923 g/mol. The van der Waals surface area contributed by atoms with Gasteiger partial charge in [0.25, 0.3) is 0 Å². The van der Waals surface area contributed by atoms with Crippen LogP contribution in [0.2, 0.25) is 0 Å². The maximum Gasteiger partial charge on any atom is 0.237 e. The molecule has 9 fully saturated rings. The molecule has 0 spiro atoms. The number of carbonyl (C=O) groups excluding carboxylic acids is 4. The number of hydrogen-bond acceptors (Lipinski definition) is 8. The molecule has 7 aliphatic carbocycles. The summed E-state index contributed by atoms with van der Waals surface area (Å²) >= 11 is 0. The van der Waals surface area contributed by atoms with Gasteiger partial charge in [0.15, 0.2) is 0 Å². The zero-order valence-electron chi connectivity index (χ0n) is 41.7. The molecule has 4 amide bonds. The van der Waals surface area contributed by atoms with E-state index in [-0.39, 0.29) is 95.1 Å². The number of amides is 4. The van der Waals surface area contributed by atoms with Crippen molar-refractivity contribution in [3.63, 3.8) is 0 Å². The second-order valence-corrected chi connectivity index (χ2v) is 24.2. The summed E-state index contributed by atoms with van der Waals surface area (Å²) in [6.45, 7) is 20.3. The summed E-state index contributed by atoms with van der Waals surface area (Å²) in [5.41, 5.74) is 8.94. The van der Waals surface area contributed by atoms with Gasteiger partial charge in [-0.1, -0.05) is 64.1 Å². The Hall–Kier alpha value is -3.96. The first-order valence-corrected chi connectivity index (χ1v) is 26.4. The normalized spacial score (nSPS) is 43.2. The summed E-state index contributed by atoms with van der Waals surface area (Å²) in [6.07, 6.45) is 4.34. The molecule has 0 radical (unpaired) electrons. The van der Waals surface area contributed by atoms with E-state index < -0.39 is 11.8 Å². The van der Waals surface area contributed by atoms with Gasteiger partial charge >= 0.3 is 0 Å². The van der Waals surface area contributed by atoms with E-state index in [2.05, 4.69) is 98.7 Å². The van der Waals surface area contributed by atoms with Crippen LogP contribution in [0, 0.1) is 93.8 Å². The molecule has 4 heterocycles. The molecule has 0 N–H and O–H groups in total. The van der Waals surface area contributed by atoms with Crippen LogP contribution in [0.25, 0.3) is 10.8 Å². The third-order valence-electron chi connectivity index (χ3n) is 21.6. The van der Waals surface area contributed by atoms with Crippen LogP contribution in [-0.2, 0) is 49.0 Å². The van der Waals surface area contributed by atoms with Crippen LogP contribution in [0.3, 0.4) is 0 Å². The Balaban J connectivity index is 0.872. The van der Waals surface area contributed by atoms with E-state index >= 15 is 0 Å². The maximum atomic E-state index is 14.6. The van der Waals surface area contributed by atoms with E-state index in [0.717, 1.165) is 53.6 Å². The molecule has 18 unspecified atom stereocenters. The number of benzene rings is 3. The van der Waals surface area contributed by atoms with Gasteiger partial charge in [-0.3, -0.25) is 24.1 Å². The first-order valence-electron chi connectivity index (χ1n) is 26.4. The van der Waals surface area contributed by atoms with Gasteiger partial charge < -0.3 is 18.9 Å². The Morgan fingerprint density at radius 1 is 0.456 bits per heavy atom. The van der Waals surface area contributed by atoms with Gasteiger partial charge in [0.1, 0.15) is 0 Å². The van der Waals surface area contributed by atoms with Crippen molar-refractivity contribution in [3.05, 3.63) is 75.3 Å². The molecule has 68 heavy (non-hydrogen) atoms. The smallest absolute Gasteiger partial charge is 0.237 e. The fourth-order valence-electron chi connectivity index (χ4n) is 18.5. The molecule has 3 aromatic rings. The van der Waals surface area contributed by atoms with Crippen molar-refractivity contribution in [2.24, 2.45) is 59.2 Å². The molecule has 11 aliphatic rings. The second kappa shape index (κ2) is 14.8. The Labute approximate surface area is 401 Å². The van der Waals surface area contributed by atoms with Crippen LogP contribution in [0.1, 0.15) is 118 Å². The molecule has 18 atom stereocenters. The molecular formula is C58H70N2O8. The number of anilines is 1. The molecule has 14 rings (SSSR count). The third kappa shape index (κ3) is 5.39. The summed E-state index contributed by atoms with van der Waals surface area (Å²) in [5, 5.41) is 2.57. The number of nitrogens with zero attached hydrogens (tertiary/aromatic N) is 2. The highest BCUT2D eigenvalue weighted by molar-refractivity contribution is 6.23. The second-order valence-electron chi connectivity index (χ2n) is 24.2. The van der Waals surface area contributed by atoms with E-state index in [1.165, 1.54) is 32.4 Å². The summed E-state index contributed by atoms with van der Waals surface area (Å²) in [4.78, 5) is 58.6. The van der Waals surface area contributed by atoms with E-state index in [1.54, 1.807) is 11.9 Å². The molecule has 10 nitrogen and oxygen atoms in total. The fraction of sp³-hybridized carbons (Fsp3) is 0.655. The average Bonchev–Trinajstić information content (AvgIpc) is 3.68. The van der Waals surface area contributed by atoms with Gasteiger partial charge in [-0.15, -0.1) is 0 Å². The van der Waals surface area contributed by atoms with Crippen LogP contribution >= 0.6 is 0 Å². The van der Waals surface area contributed by atoms with Crippen LogP contribution in [0.15, 0.2) is 36.4 Å². The highest BCUT2D eigenvalue weighted by atomic mass is 16.6. The van der Waals surface area contributed by atoms with Crippen molar-refractivity contribution >= 4 is 40.1 Å². The van der Waals surface area contributed by atoms with E-state index in [9.17, 15) is 19.2 Å². The Morgan fingerprint density at radius 2 is 0.750 bits per heavy atom. The van der Waals surface area contributed by atoms with Crippen molar-refractivity contribution in [2.45, 2.75) is 173 Å². The topological polar surface area (TPSA) is 112 Å². The van der Waals surface area contributed by atoms with Gasteiger partial charge in [0.2, 0.25) is 23.6 Å². The van der Waals surface area contributed by atoms with Crippen molar-refractivity contribution in [3.8, 4) is 0 Å². The SMILES string of the molecule is Cc1c(C)c(C)c(N2C(=O)C3CC4OC5CC6C(CC5OC4CC3C2=O)C2(C(C)C)c3cc4ccccc4cc3C6(C(C)C)C3CC4OC5CC6C(=O)N(C)C(=O)C6CC5OC4CC32)c(C)c1C. The first-order chi connectivity index (χ1) is 32.5. The standard InChI is InChI=1S/C58H70N2O8/c1-25(2)57-38-15-32-13-11-12-14-33(32)16-39(38)58(26(3)4,41-22-49-48(21-40(41)57)65-44-17-34-35(18-45(44)66-49)54(62)59(10)53(34)61)43-24-51-50(23-42(43)57)67-46-19-36-37(20-47(46)68-51)56(64)60(55(36)63)52-30(8)28(6)27(5)29(7)31(52)9/h11-16,25-26,34-37,40-51H,17-24H2,1-10H3. The molecule has 5 saturated carbocycles. The first kappa shape index (κ1) is 44.0. The summed E-state index contributed by atoms with van der Waals surface area (Å²) in [6, 6.07) is 14.1. The summed E-state index contributed by atoms with van der Waals surface area (Å²) in [5.74, 6) is 0.120. The number of rotatable bonds is 3. The van der Waals surface area contributed by atoms with Gasteiger partial charge in [-0.25, -0.2) is 4.90 Å². The predicted octanol–water partition coefficient (Wildman–Crippen LogP) is 8.92. The van der Waals surface area contributed by atoms with Gasteiger partial charge in [-0.2, -0.15) is 0 Å². The van der Waals surface area contributed by atoms with E-state index in [4.69, 9.17) is 18.9 Å². The summed E-state index contributed by atoms with van der Waals surface area (Å²) < 4.78 is 29.3. The van der Waals surface area contributed by atoms with E-state index in [0.29, 0.717) is 61.2 Å². The third-order valence-corrected chi connectivity index (χ3v) is 21.6. The quantitative estimate of drug-likeness (QED) is 0.240. The Kier molecular flexibility index (Phi) is 9.58. The number of likely N-dealkylation sites (tertiary alicyclic amines) is 1. The minimum atomic E-state index is -0.422. The average molecular weight is 923 g/mol. The highest BCUT2D eigenvalue weighted by Crippen LogP contribution is 2.76. The van der Waals surface area contributed by atoms with Crippen LogP contribution in [0.5, 0.6) is 0 Å².